The Morgan fingerprint density at radius 1 is 1.30 bits per heavy atom. The Balaban J connectivity index is 2.07. The van der Waals surface area contributed by atoms with Crippen LogP contribution < -0.4 is 10.5 Å². The number of carbonyl (C=O) groups excluding carboxylic acids is 2. The predicted octanol–water partition coefficient (Wildman–Crippen LogP) is 1.06. The van der Waals surface area contributed by atoms with Crippen molar-refractivity contribution >= 4 is 17.6 Å². The van der Waals surface area contributed by atoms with E-state index in [0.29, 0.717) is 0 Å². The maximum Gasteiger partial charge on any atom is 0.343 e. The van der Waals surface area contributed by atoms with Crippen LogP contribution >= 0.6 is 0 Å². The molecule has 1 aromatic carbocycles. The highest BCUT2D eigenvalue weighted by Gasteiger charge is 2.21. The first-order chi connectivity index (χ1) is 9.63. The van der Waals surface area contributed by atoms with Crippen LogP contribution in [0.5, 0.6) is 5.75 Å². The number of hydrogen-bond donors (Lipinski definition) is 1. The fourth-order valence-corrected chi connectivity index (χ4v) is 2.19. The van der Waals surface area contributed by atoms with E-state index in [1.54, 1.807) is 23.1 Å². The number of carbonyl (C=O) groups is 2. The number of nitrogen functional groups attached to an aromatic ring is 1. The van der Waals surface area contributed by atoms with Gasteiger partial charge in [0.25, 0.3) is 5.91 Å². The third kappa shape index (κ3) is 3.01. The van der Waals surface area contributed by atoms with Gasteiger partial charge in [-0.3, -0.25) is 4.79 Å². The van der Waals surface area contributed by atoms with E-state index in [1.165, 1.54) is 7.11 Å². The third-order valence-corrected chi connectivity index (χ3v) is 3.26. The molecule has 1 aliphatic heterocycles. The van der Waals surface area contributed by atoms with Gasteiger partial charge in [0, 0.05) is 18.8 Å². The van der Waals surface area contributed by atoms with E-state index >= 15 is 0 Å². The second-order valence-electron chi connectivity index (χ2n) is 4.59. The molecule has 1 fully saturated rings. The van der Waals surface area contributed by atoms with Crippen molar-refractivity contribution in [1.82, 2.24) is 4.90 Å². The van der Waals surface area contributed by atoms with Crippen LogP contribution in [0.15, 0.2) is 18.2 Å². The summed E-state index contributed by atoms with van der Waals surface area (Å²) in [6.45, 7) is 1.43. The average Bonchev–Trinajstić information content (AvgIpc) is 2.98. The second-order valence-corrected chi connectivity index (χ2v) is 4.59. The van der Waals surface area contributed by atoms with Gasteiger partial charge in [0.05, 0.1) is 7.11 Å². The van der Waals surface area contributed by atoms with Crippen LogP contribution in [0.3, 0.4) is 0 Å². The summed E-state index contributed by atoms with van der Waals surface area (Å²) >= 11 is 0. The molecule has 2 rings (SSSR count). The lowest BCUT2D eigenvalue weighted by molar-refractivity contribution is -0.132. The molecule has 0 aliphatic carbocycles. The van der Waals surface area contributed by atoms with Crippen molar-refractivity contribution in [3.05, 3.63) is 23.8 Å². The Morgan fingerprint density at radius 2 is 2.00 bits per heavy atom. The number of amides is 1. The average molecular weight is 278 g/mol. The minimum absolute atomic E-state index is 0.0826. The van der Waals surface area contributed by atoms with Crippen LogP contribution in [0.2, 0.25) is 0 Å². The summed E-state index contributed by atoms with van der Waals surface area (Å²) in [5.41, 5.74) is 6.17. The number of benzene rings is 1. The number of nitrogens with two attached hydrogens (primary N) is 1. The van der Waals surface area contributed by atoms with Crippen LogP contribution in [-0.2, 0) is 9.53 Å². The number of methoxy groups -OCH3 is 1. The van der Waals surface area contributed by atoms with E-state index in [2.05, 4.69) is 4.74 Å². The fourth-order valence-electron chi connectivity index (χ4n) is 2.19. The zero-order valence-electron chi connectivity index (χ0n) is 11.4. The number of nitrogens with zero attached hydrogens (tertiary/aromatic N) is 1. The summed E-state index contributed by atoms with van der Waals surface area (Å²) in [4.78, 5) is 25.3. The molecule has 0 spiro atoms. The Hall–Kier alpha value is -2.24. The Morgan fingerprint density at radius 3 is 2.65 bits per heavy atom. The molecule has 0 radical (unpaired) electrons. The maximum absolute atomic E-state index is 11.9. The van der Waals surface area contributed by atoms with Gasteiger partial charge in [-0.05, 0) is 25.0 Å². The van der Waals surface area contributed by atoms with Crippen molar-refractivity contribution in [3.8, 4) is 5.75 Å². The highest BCUT2D eigenvalue weighted by atomic mass is 16.5. The first-order valence-corrected chi connectivity index (χ1v) is 6.51. The maximum atomic E-state index is 11.9. The molecule has 2 N–H and O–H groups in total. The predicted molar refractivity (Wildman–Crippen MR) is 73.5 cm³/mol. The zero-order valence-corrected chi connectivity index (χ0v) is 11.4. The molecule has 1 aliphatic rings. The lowest BCUT2D eigenvalue weighted by Gasteiger charge is -2.16. The molecule has 6 heteroatoms. The van der Waals surface area contributed by atoms with Crippen molar-refractivity contribution in [2.75, 3.05) is 32.5 Å². The van der Waals surface area contributed by atoms with Gasteiger partial charge in [-0.15, -0.1) is 0 Å². The van der Waals surface area contributed by atoms with Crippen LogP contribution in [0.1, 0.15) is 23.2 Å². The third-order valence-electron chi connectivity index (χ3n) is 3.26. The van der Waals surface area contributed by atoms with Gasteiger partial charge < -0.3 is 20.1 Å². The molecule has 20 heavy (non-hydrogen) atoms. The number of anilines is 1. The normalized spacial score (nSPS) is 14.2. The molecular weight excluding hydrogens is 260 g/mol. The van der Waals surface area contributed by atoms with Crippen molar-refractivity contribution in [3.63, 3.8) is 0 Å². The lowest BCUT2D eigenvalue weighted by Crippen LogP contribution is -2.32. The molecule has 6 nitrogen and oxygen atoms in total. The van der Waals surface area contributed by atoms with Gasteiger partial charge in [0.1, 0.15) is 11.3 Å². The molecule has 0 bridgehead atoms. The van der Waals surface area contributed by atoms with Crippen LogP contribution in [-0.4, -0.2) is 43.6 Å². The van der Waals surface area contributed by atoms with Gasteiger partial charge in [-0.2, -0.15) is 0 Å². The molecular formula is C14H18N2O4. The highest BCUT2D eigenvalue weighted by Crippen LogP contribution is 2.25. The standard InChI is InChI=1S/C14H18N2O4/c1-19-14(18)13-10(15)5-4-6-11(13)20-9-12(17)16-7-2-3-8-16/h4-6H,2-3,7-9,15H2,1H3. The topological polar surface area (TPSA) is 81.9 Å². The smallest absolute Gasteiger partial charge is 0.343 e. The van der Waals surface area contributed by atoms with E-state index in [0.717, 1.165) is 25.9 Å². The van der Waals surface area contributed by atoms with E-state index in [-0.39, 0.29) is 29.5 Å². The molecule has 1 aromatic rings. The van der Waals surface area contributed by atoms with E-state index in [4.69, 9.17) is 10.5 Å². The van der Waals surface area contributed by atoms with E-state index in [9.17, 15) is 9.59 Å². The lowest BCUT2D eigenvalue weighted by atomic mass is 10.1. The first kappa shape index (κ1) is 14.2. The largest absolute Gasteiger partial charge is 0.483 e. The minimum Gasteiger partial charge on any atom is -0.483 e. The summed E-state index contributed by atoms with van der Waals surface area (Å²) < 4.78 is 10.1. The number of hydrogen-bond acceptors (Lipinski definition) is 5. The van der Waals surface area contributed by atoms with E-state index < -0.39 is 5.97 Å². The van der Waals surface area contributed by atoms with Crippen LogP contribution in [0, 0.1) is 0 Å². The van der Waals surface area contributed by atoms with Gasteiger partial charge in [0.15, 0.2) is 6.61 Å². The second kappa shape index (κ2) is 6.27. The number of rotatable bonds is 4. The Kier molecular flexibility index (Phi) is 4.45. The monoisotopic (exact) mass is 278 g/mol. The van der Waals surface area contributed by atoms with Crippen LogP contribution in [0.4, 0.5) is 5.69 Å². The van der Waals surface area contributed by atoms with Crippen molar-refractivity contribution in [1.29, 1.82) is 0 Å². The Bertz CT molecular complexity index is 510. The van der Waals surface area contributed by atoms with Crippen molar-refractivity contribution in [2.45, 2.75) is 12.8 Å². The summed E-state index contributed by atoms with van der Waals surface area (Å²) in [5.74, 6) is -0.392. The minimum atomic E-state index is -0.577. The molecule has 1 saturated heterocycles. The van der Waals surface area contributed by atoms with Crippen molar-refractivity contribution < 1.29 is 19.1 Å². The van der Waals surface area contributed by atoms with Gasteiger partial charge in [-0.25, -0.2) is 4.79 Å². The molecule has 1 heterocycles. The molecule has 0 aromatic heterocycles. The zero-order chi connectivity index (χ0) is 14.5. The molecule has 1 amide bonds. The highest BCUT2D eigenvalue weighted by molar-refractivity contribution is 5.98. The molecule has 0 saturated carbocycles. The quantitative estimate of drug-likeness (QED) is 0.657. The van der Waals surface area contributed by atoms with Crippen LogP contribution in [0.25, 0.3) is 0 Å². The summed E-state index contributed by atoms with van der Waals surface area (Å²) in [6, 6.07) is 4.85. The number of likely N-dealkylation sites (tertiary alicyclic amines) is 1. The van der Waals surface area contributed by atoms with Crippen molar-refractivity contribution in [2.24, 2.45) is 0 Å². The Labute approximate surface area is 117 Å². The van der Waals surface area contributed by atoms with Gasteiger partial charge >= 0.3 is 5.97 Å². The SMILES string of the molecule is COC(=O)c1c(N)cccc1OCC(=O)N1CCCC1. The molecule has 108 valence electrons. The molecule has 0 atom stereocenters. The first-order valence-electron chi connectivity index (χ1n) is 6.51. The van der Waals surface area contributed by atoms with E-state index in [1.807, 2.05) is 0 Å². The van der Waals surface area contributed by atoms with Gasteiger partial charge in [0.2, 0.25) is 0 Å². The summed E-state index contributed by atoms with van der Waals surface area (Å²) in [7, 11) is 1.27. The summed E-state index contributed by atoms with van der Waals surface area (Å²) in [6.07, 6.45) is 2.05. The summed E-state index contributed by atoms with van der Waals surface area (Å²) in [5, 5.41) is 0. The van der Waals surface area contributed by atoms with Gasteiger partial charge in [-0.1, -0.05) is 6.07 Å². The fraction of sp³-hybridized carbons (Fsp3) is 0.429. The molecule has 0 unspecified atom stereocenters. The number of esters is 1. The number of ether oxygens (including phenoxy) is 2.